The first-order chi connectivity index (χ1) is 7.74. The van der Waals surface area contributed by atoms with Gasteiger partial charge in [0.2, 0.25) is 0 Å². The van der Waals surface area contributed by atoms with Gasteiger partial charge >= 0.3 is 0 Å². The number of hydrogen-bond donors (Lipinski definition) is 0. The van der Waals surface area contributed by atoms with Gasteiger partial charge in [-0.2, -0.15) is 5.26 Å². The van der Waals surface area contributed by atoms with Crippen molar-refractivity contribution in [1.82, 2.24) is 0 Å². The molecule has 0 fully saturated rings. The largest absolute Gasteiger partial charge is 0.192 e. The summed E-state index contributed by atoms with van der Waals surface area (Å²) in [5, 5.41) is 9.67. The number of benzene rings is 1. The smallest absolute Gasteiger partial charge is 0.0991 e. The van der Waals surface area contributed by atoms with Crippen LogP contribution in [0.15, 0.2) is 30.3 Å². The summed E-state index contributed by atoms with van der Waals surface area (Å²) in [6.45, 7) is 2.09. The van der Waals surface area contributed by atoms with E-state index in [4.69, 9.17) is 16.9 Å². The lowest BCUT2D eigenvalue weighted by molar-refractivity contribution is 1.19. The van der Waals surface area contributed by atoms with E-state index in [1.807, 2.05) is 24.3 Å². The normalized spacial score (nSPS) is 10.1. The number of thiophene rings is 1. The topological polar surface area (TPSA) is 23.8 Å². The molecule has 0 aliphatic heterocycles. The van der Waals surface area contributed by atoms with Crippen molar-refractivity contribution in [2.45, 2.75) is 13.3 Å². The zero-order valence-electron chi connectivity index (χ0n) is 8.83. The number of aryl methyl sites for hydroxylation is 1. The minimum Gasteiger partial charge on any atom is -0.192 e. The molecule has 0 N–H and O–H groups in total. The van der Waals surface area contributed by atoms with Crippen molar-refractivity contribution < 1.29 is 0 Å². The van der Waals surface area contributed by atoms with Gasteiger partial charge in [-0.1, -0.05) is 30.7 Å². The van der Waals surface area contributed by atoms with E-state index in [-0.39, 0.29) is 0 Å². The Morgan fingerprint density at radius 2 is 2.19 bits per heavy atom. The van der Waals surface area contributed by atoms with Crippen LogP contribution in [0.1, 0.15) is 17.4 Å². The second-order valence-corrected chi connectivity index (χ2v) is 4.97. The summed E-state index contributed by atoms with van der Waals surface area (Å²) in [5.74, 6) is 0. The zero-order chi connectivity index (χ0) is 11.5. The molecule has 2 rings (SSSR count). The van der Waals surface area contributed by atoms with Gasteiger partial charge in [-0.15, -0.1) is 11.3 Å². The fourth-order valence-corrected chi connectivity index (χ4v) is 2.94. The molecule has 2 aromatic rings. The quantitative estimate of drug-likeness (QED) is 0.766. The summed E-state index contributed by atoms with van der Waals surface area (Å²) < 4.78 is 0. The Bertz CT molecular complexity index is 551. The highest BCUT2D eigenvalue weighted by Crippen LogP contribution is 2.34. The minimum absolute atomic E-state index is 0.681. The van der Waals surface area contributed by atoms with Crippen LogP contribution in [0.5, 0.6) is 0 Å². The molecule has 1 aromatic carbocycles. The van der Waals surface area contributed by atoms with Gasteiger partial charge in [0.05, 0.1) is 16.7 Å². The van der Waals surface area contributed by atoms with E-state index in [9.17, 15) is 0 Å². The Morgan fingerprint density at radius 3 is 2.81 bits per heavy atom. The van der Waals surface area contributed by atoms with E-state index < -0.39 is 0 Å². The van der Waals surface area contributed by atoms with Gasteiger partial charge in [0.25, 0.3) is 0 Å². The van der Waals surface area contributed by atoms with Crippen molar-refractivity contribution in [1.29, 1.82) is 5.26 Å². The highest BCUT2D eigenvalue weighted by molar-refractivity contribution is 7.16. The SMILES string of the molecule is CCc1sc(-c2cccc(C#N)c2)cc1Cl. The Morgan fingerprint density at radius 1 is 1.38 bits per heavy atom. The Kier molecular flexibility index (Phi) is 3.28. The van der Waals surface area contributed by atoms with Gasteiger partial charge in [-0.25, -0.2) is 0 Å². The van der Waals surface area contributed by atoms with Crippen LogP contribution in [0.2, 0.25) is 5.02 Å². The predicted octanol–water partition coefficient (Wildman–Crippen LogP) is 4.50. The molecule has 3 heteroatoms. The van der Waals surface area contributed by atoms with Crippen LogP contribution in [-0.2, 0) is 6.42 Å². The number of nitrogens with zero attached hydrogens (tertiary/aromatic N) is 1. The van der Waals surface area contributed by atoms with Crippen molar-refractivity contribution in [3.63, 3.8) is 0 Å². The number of rotatable bonds is 2. The highest BCUT2D eigenvalue weighted by Gasteiger charge is 2.07. The maximum absolute atomic E-state index is 8.84. The van der Waals surface area contributed by atoms with Gasteiger partial charge in [-0.3, -0.25) is 0 Å². The van der Waals surface area contributed by atoms with Crippen molar-refractivity contribution in [2.24, 2.45) is 0 Å². The molecule has 80 valence electrons. The summed E-state index contributed by atoms with van der Waals surface area (Å²) in [4.78, 5) is 2.32. The molecule has 1 aromatic heterocycles. The van der Waals surface area contributed by atoms with Gasteiger partial charge < -0.3 is 0 Å². The summed E-state index contributed by atoms with van der Waals surface area (Å²) in [5.41, 5.74) is 1.74. The van der Waals surface area contributed by atoms with Gasteiger partial charge in [-0.05, 0) is 30.2 Å². The van der Waals surface area contributed by atoms with Crippen molar-refractivity contribution in [3.05, 3.63) is 45.8 Å². The third-order valence-electron chi connectivity index (χ3n) is 2.35. The lowest BCUT2D eigenvalue weighted by Crippen LogP contribution is -1.75. The fraction of sp³-hybridized carbons (Fsp3) is 0.154. The summed E-state index contributed by atoms with van der Waals surface area (Å²) in [6.07, 6.45) is 0.946. The maximum atomic E-state index is 8.84. The van der Waals surface area contributed by atoms with E-state index >= 15 is 0 Å². The number of halogens is 1. The monoisotopic (exact) mass is 247 g/mol. The average Bonchev–Trinajstić information content (AvgIpc) is 2.71. The molecule has 0 saturated carbocycles. The maximum Gasteiger partial charge on any atom is 0.0991 e. The Labute approximate surface area is 104 Å². The zero-order valence-corrected chi connectivity index (χ0v) is 10.4. The second kappa shape index (κ2) is 4.69. The molecule has 0 aliphatic carbocycles. The third-order valence-corrected chi connectivity index (χ3v) is 4.13. The minimum atomic E-state index is 0.681. The van der Waals surface area contributed by atoms with Crippen LogP contribution >= 0.6 is 22.9 Å². The molecule has 0 bridgehead atoms. The van der Waals surface area contributed by atoms with Crippen LogP contribution in [0.4, 0.5) is 0 Å². The van der Waals surface area contributed by atoms with Gasteiger partial charge in [0, 0.05) is 9.75 Å². The number of nitriles is 1. The molecule has 0 radical (unpaired) electrons. The Balaban J connectivity index is 2.46. The third kappa shape index (κ3) is 2.11. The van der Waals surface area contributed by atoms with Crippen LogP contribution in [-0.4, -0.2) is 0 Å². The summed E-state index contributed by atoms with van der Waals surface area (Å²) in [7, 11) is 0. The lowest BCUT2D eigenvalue weighted by Gasteiger charge is -1.96. The lowest BCUT2D eigenvalue weighted by atomic mass is 10.1. The summed E-state index contributed by atoms with van der Waals surface area (Å²) in [6, 6.07) is 11.7. The average molecular weight is 248 g/mol. The van der Waals surface area contributed by atoms with Crippen molar-refractivity contribution >= 4 is 22.9 Å². The van der Waals surface area contributed by atoms with Crippen LogP contribution < -0.4 is 0 Å². The molecule has 0 saturated heterocycles. The first kappa shape index (κ1) is 11.2. The van der Waals surface area contributed by atoms with Gasteiger partial charge in [0.15, 0.2) is 0 Å². The molecule has 0 aliphatic rings. The molecule has 1 heterocycles. The van der Waals surface area contributed by atoms with Gasteiger partial charge in [0.1, 0.15) is 0 Å². The van der Waals surface area contributed by atoms with Crippen LogP contribution in [0, 0.1) is 11.3 Å². The van der Waals surface area contributed by atoms with Crippen molar-refractivity contribution in [2.75, 3.05) is 0 Å². The highest BCUT2D eigenvalue weighted by atomic mass is 35.5. The Hall–Kier alpha value is -1.30. The molecule has 1 nitrogen and oxygen atoms in total. The fourth-order valence-electron chi connectivity index (χ4n) is 1.53. The summed E-state index contributed by atoms with van der Waals surface area (Å²) >= 11 is 7.80. The molecule has 0 atom stereocenters. The first-order valence-corrected chi connectivity index (χ1v) is 6.22. The van der Waals surface area contributed by atoms with Crippen LogP contribution in [0.25, 0.3) is 10.4 Å². The first-order valence-electron chi connectivity index (χ1n) is 5.03. The second-order valence-electron chi connectivity index (χ2n) is 3.43. The molecule has 0 amide bonds. The van der Waals surface area contributed by atoms with E-state index in [0.717, 1.165) is 21.9 Å². The number of hydrogen-bond acceptors (Lipinski definition) is 2. The molecular formula is C13H10ClNS. The van der Waals surface area contributed by atoms with E-state index in [0.29, 0.717) is 5.56 Å². The van der Waals surface area contributed by atoms with Crippen molar-refractivity contribution in [3.8, 4) is 16.5 Å². The van der Waals surface area contributed by atoms with E-state index in [2.05, 4.69) is 13.0 Å². The molecular weight excluding hydrogens is 238 g/mol. The molecule has 0 unspecified atom stereocenters. The molecule has 16 heavy (non-hydrogen) atoms. The van der Waals surface area contributed by atoms with Crippen LogP contribution in [0.3, 0.4) is 0 Å². The van der Waals surface area contributed by atoms with E-state index in [1.54, 1.807) is 17.4 Å². The van der Waals surface area contributed by atoms with E-state index in [1.165, 1.54) is 4.88 Å². The predicted molar refractivity (Wildman–Crippen MR) is 68.9 cm³/mol. The standard InChI is InChI=1S/C13H10ClNS/c1-2-12-11(14)7-13(16-12)10-5-3-4-9(6-10)8-15/h3-7H,2H2,1H3. The molecule has 0 spiro atoms.